The molecular formula is C15H16N2O. The number of allylic oxidation sites excluding steroid dienone is 1. The molecule has 18 heavy (non-hydrogen) atoms. The van der Waals surface area contributed by atoms with E-state index in [1.165, 1.54) is 6.26 Å². The maximum absolute atomic E-state index is 5.38. The number of nitrogens with zero attached hydrogens (tertiary/aromatic N) is 1. The molecular weight excluding hydrogens is 224 g/mol. The Bertz CT molecular complexity index is 602. The van der Waals surface area contributed by atoms with Crippen molar-refractivity contribution >= 4 is 22.3 Å². The smallest absolute Gasteiger partial charge is 0.129 e. The first-order chi connectivity index (χ1) is 8.78. The Morgan fingerprint density at radius 2 is 2.17 bits per heavy atom. The largest absolute Gasteiger partial charge is 0.465 e. The van der Waals surface area contributed by atoms with Crippen LogP contribution < -0.4 is 5.32 Å². The summed E-state index contributed by atoms with van der Waals surface area (Å²) < 4.78 is 5.38. The number of benzene rings is 1. The second kappa shape index (κ2) is 5.36. The lowest BCUT2D eigenvalue weighted by atomic mass is 10.1. The Morgan fingerprint density at radius 1 is 1.33 bits per heavy atom. The molecule has 0 atom stereocenters. The molecule has 0 spiro atoms. The van der Waals surface area contributed by atoms with Crippen molar-refractivity contribution in [2.45, 2.75) is 6.92 Å². The van der Waals surface area contributed by atoms with Gasteiger partial charge in [-0.1, -0.05) is 18.7 Å². The predicted octanol–water partition coefficient (Wildman–Crippen LogP) is 3.80. The van der Waals surface area contributed by atoms with Gasteiger partial charge in [-0.25, -0.2) is 4.98 Å². The number of pyridine rings is 1. The van der Waals surface area contributed by atoms with E-state index in [0.29, 0.717) is 0 Å². The topological polar surface area (TPSA) is 34.1 Å². The third-order valence-corrected chi connectivity index (χ3v) is 2.73. The van der Waals surface area contributed by atoms with Crippen LogP contribution in [-0.4, -0.2) is 12.0 Å². The van der Waals surface area contributed by atoms with Gasteiger partial charge < -0.3 is 10.1 Å². The summed E-state index contributed by atoms with van der Waals surface area (Å²) in [6.07, 6.45) is 5.21. The van der Waals surface area contributed by atoms with Crippen LogP contribution in [0, 0.1) is 0 Å². The average Bonchev–Trinajstić information content (AvgIpc) is 2.43. The number of rotatable bonds is 4. The van der Waals surface area contributed by atoms with Gasteiger partial charge in [0.1, 0.15) is 11.6 Å². The molecule has 0 amide bonds. The Balaban J connectivity index is 2.51. The van der Waals surface area contributed by atoms with Crippen molar-refractivity contribution in [2.24, 2.45) is 0 Å². The van der Waals surface area contributed by atoms with E-state index in [4.69, 9.17) is 4.74 Å². The summed E-state index contributed by atoms with van der Waals surface area (Å²) >= 11 is 0. The van der Waals surface area contributed by atoms with Crippen molar-refractivity contribution in [3.63, 3.8) is 0 Å². The normalized spacial score (nSPS) is 11.3. The van der Waals surface area contributed by atoms with Crippen LogP contribution >= 0.6 is 0 Å². The minimum Gasteiger partial charge on any atom is -0.465 e. The summed E-state index contributed by atoms with van der Waals surface area (Å²) in [5, 5.41) is 5.26. The van der Waals surface area contributed by atoms with E-state index in [9.17, 15) is 0 Å². The molecule has 1 heterocycles. The molecule has 0 aliphatic rings. The predicted molar refractivity (Wildman–Crippen MR) is 76.2 cm³/mol. The molecule has 0 bridgehead atoms. The SMILES string of the molecule is C=CO/C(=C\C)c1ccc2cnc(NC)cc2c1. The minimum absolute atomic E-state index is 0.801. The van der Waals surface area contributed by atoms with E-state index in [1.54, 1.807) is 0 Å². The molecule has 92 valence electrons. The van der Waals surface area contributed by atoms with Gasteiger partial charge in [-0.2, -0.15) is 0 Å². The van der Waals surface area contributed by atoms with Crippen molar-refractivity contribution in [1.82, 2.24) is 4.98 Å². The lowest BCUT2D eigenvalue weighted by molar-refractivity contribution is 0.438. The fourth-order valence-electron chi connectivity index (χ4n) is 1.82. The number of aromatic nitrogens is 1. The van der Waals surface area contributed by atoms with Crippen LogP contribution in [0.1, 0.15) is 12.5 Å². The van der Waals surface area contributed by atoms with Gasteiger partial charge in [-0.05, 0) is 30.5 Å². The summed E-state index contributed by atoms with van der Waals surface area (Å²) in [6, 6.07) is 8.14. The van der Waals surface area contributed by atoms with E-state index in [0.717, 1.165) is 27.9 Å². The summed E-state index contributed by atoms with van der Waals surface area (Å²) in [5.41, 5.74) is 1.03. The van der Waals surface area contributed by atoms with E-state index in [-0.39, 0.29) is 0 Å². The van der Waals surface area contributed by atoms with Gasteiger partial charge in [0.15, 0.2) is 0 Å². The molecule has 0 unspecified atom stereocenters. The molecule has 1 aromatic heterocycles. The zero-order valence-electron chi connectivity index (χ0n) is 10.6. The van der Waals surface area contributed by atoms with Crippen LogP contribution in [0.3, 0.4) is 0 Å². The second-order valence-corrected chi connectivity index (χ2v) is 3.82. The molecule has 0 aliphatic heterocycles. The van der Waals surface area contributed by atoms with Crippen molar-refractivity contribution in [2.75, 3.05) is 12.4 Å². The highest BCUT2D eigenvalue weighted by molar-refractivity contribution is 5.86. The van der Waals surface area contributed by atoms with Crippen LogP contribution in [-0.2, 0) is 4.74 Å². The van der Waals surface area contributed by atoms with Crippen LogP contribution in [0.15, 0.2) is 49.4 Å². The van der Waals surface area contributed by atoms with E-state index < -0.39 is 0 Å². The first-order valence-electron chi connectivity index (χ1n) is 5.80. The third kappa shape index (κ3) is 2.35. The quantitative estimate of drug-likeness (QED) is 0.825. The van der Waals surface area contributed by atoms with Crippen LogP contribution in [0.25, 0.3) is 16.5 Å². The van der Waals surface area contributed by atoms with Gasteiger partial charge in [0.25, 0.3) is 0 Å². The summed E-state index contributed by atoms with van der Waals surface area (Å²) in [6.45, 7) is 5.52. The van der Waals surface area contributed by atoms with Crippen LogP contribution in [0.4, 0.5) is 5.82 Å². The van der Waals surface area contributed by atoms with Gasteiger partial charge in [0.2, 0.25) is 0 Å². The van der Waals surface area contributed by atoms with Crippen molar-refractivity contribution in [1.29, 1.82) is 0 Å². The number of hydrogen-bond acceptors (Lipinski definition) is 3. The lowest BCUT2D eigenvalue weighted by Gasteiger charge is -2.08. The molecule has 0 saturated carbocycles. The maximum Gasteiger partial charge on any atom is 0.129 e. The minimum atomic E-state index is 0.801. The first kappa shape index (κ1) is 12.2. The van der Waals surface area contributed by atoms with E-state index in [1.807, 2.05) is 44.4 Å². The standard InChI is InChI=1S/C15H16N2O/c1-4-14(18-5-2)11-6-7-12-10-17-15(16-3)9-13(12)8-11/h4-10H,2H2,1,3H3,(H,16,17)/b14-4-. The van der Waals surface area contributed by atoms with E-state index in [2.05, 4.69) is 22.9 Å². The van der Waals surface area contributed by atoms with Gasteiger partial charge in [0, 0.05) is 24.2 Å². The molecule has 1 N–H and O–H groups in total. The molecule has 3 nitrogen and oxygen atoms in total. The van der Waals surface area contributed by atoms with Gasteiger partial charge in [-0.3, -0.25) is 0 Å². The molecule has 0 radical (unpaired) electrons. The summed E-state index contributed by atoms with van der Waals surface area (Å²) in [5.74, 6) is 1.65. The Labute approximate surface area is 107 Å². The van der Waals surface area contributed by atoms with Gasteiger partial charge in [-0.15, -0.1) is 0 Å². The summed E-state index contributed by atoms with van der Waals surface area (Å²) in [7, 11) is 1.86. The molecule has 0 saturated heterocycles. The zero-order valence-corrected chi connectivity index (χ0v) is 10.6. The molecule has 0 aliphatic carbocycles. The van der Waals surface area contributed by atoms with Gasteiger partial charge >= 0.3 is 0 Å². The third-order valence-electron chi connectivity index (χ3n) is 2.73. The first-order valence-corrected chi connectivity index (χ1v) is 5.80. The van der Waals surface area contributed by atoms with Crippen molar-refractivity contribution in [3.8, 4) is 0 Å². The highest BCUT2D eigenvalue weighted by atomic mass is 16.5. The lowest BCUT2D eigenvalue weighted by Crippen LogP contribution is -1.92. The Kier molecular flexibility index (Phi) is 3.63. The Hall–Kier alpha value is -2.29. The number of ether oxygens (including phenoxy) is 1. The molecule has 0 fully saturated rings. The molecule has 1 aromatic carbocycles. The number of nitrogens with one attached hydrogen (secondary N) is 1. The van der Waals surface area contributed by atoms with Gasteiger partial charge in [0.05, 0.1) is 6.26 Å². The molecule has 2 aromatic rings. The molecule has 2 rings (SSSR count). The van der Waals surface area contributed by atoms with Crippen molar-refractivity contribution in [3.05, 3.63) is 54.9 Å². The number of anilines is 1. The summed E-state index contributed by atoms with van der Waals surface area (Å²) in [4.78, 5) is 4.28. The van der Waals surface area contributed by atoms with E-state index >= 15 is 0 Å². The zero-order chi connectivity index (χ0) is 13.0. The fraction of sp³-hybridized carbons (Fsp3) is 0.133. The Morgan fingerprint density at radius 3 is 2.83 bits per heavy atom. The van der Waals surface area contributed by atoms with Crippen LogP contribution in [0.2, 0.25) is 0 Å². The second-order valence-electron chi connectivity index (χ2n) is 3.82. The van der Waals surface area contributed by atoms with Crippen LogP contribution in [0.5, 0.6) is 0 Å². The number of fused-ring (bicyclic) bond motifs is 1. The number of hydrogen-bond donors (Lipinski definition) is 1. The monoisotopic (exact) mass is 240 g/mol. The maximum atomic E-state index is 5.38. The van der Waals surface area contributed by atoms with Crippen molar-refractivity contribution < 1.29 is 4.74 Å². The highest BCUT2D eigenvalue weighted by Crippen LogP contribution is 2.23. The molecule has 3 heteroatoms. The average molecular weight is 240 g/mol. The fourth-order valence-corrected chi connectivity index (χ4v) is 1.82. The highest BCUT2D eigenvalue weighted by Gasteiger charge is 2.03.